The van der Waals surface area contributed by atoms with Gasteiger partial charge in [-0.3, -0.25) is 5.41 Å². The number of benzene rings is 1. The summed E-state index contributed by atoms with van der Waals surface area (Å²) in [5, 5.41) is 7.62. The number of nitrogens with two attached hydrogens (primary N) is 2. The number of rotatable bonds is 5. The molecule has 0 aliphatic heterocycles. The van der Waals surface area contributed by atoms with Crippen LogP contribution in [0.25, 0.3) is 11.1 Å². The molecule has 0 aliphatic rings. The number of nitrogens with zero attached hydrogens (tertiary/aromatic N) is 1. The van der Waals surface area contributed by atoms with Crippen LogP contribution in [0.3, 0.4) is 0 Å². The Morgan fingerprint density at radius 3 is 2.65 bits per heavy atom. The highest BCUT2D eigenvalue weighted by atomic mass is 32.2. The summed E-state index contributed by atoms with van der Waals surface area (Å²) in [6.07, 6.45) is 3.46. The minimum absolute atomic E-state index is 0.0235. The van der Waals surface area contributed by atoms with Gasteiger partial charge in [-0.15, -0.1) is 23.1 Å². The normalized spacial score (nSPS) is 12.1. The summed E-state index contributed by atoms with van der Waals surface area (Å²) in [6, 6.07) is 11.4. The fourth-order valence-corrected chi connectivity index (χ4v) is 5.95. The molecule has 1 atom stereocenters. The number of hydrogen-bond acceptors (Lipinski definition) is 6. The van der Waals surface area contributed by atoms with Gasteiger partial charge in [-0.2, -0.15) is 0 Å². The van der Waals surface area contributed by atoms with Crippen molar-refractivity contribution in [2.75, 3.05) is 12.0 Å². The monoisotopic (exact) mass is 402 g/mol. The number of pyridine rings is 1. The molecule has 26 heavy (non-hydrogen) atoms. The van der Waals surface area contributed by atoms with Crippen molar-refractivity contribution < 1.29 is 4.21 Å². The zero-order valence-electron chi connectivity index (χ0n) is 14.3. The molecule has 1 unspecified atom stereocenters. The topological polar surface area (TPSA) is 106 Å². The van der Waals surface area contributed by atoms with Gasteiger partial charge < -0.3 is 11.5 Å². The summed E-state index contributed by atoms with van der Waals surface area (Å²) in [4.78, 5) is 6.08. The van der Waals surface area contributed by atoms with Gasteiger partial charge in [-0.05, 0) is 36.4 Å². The van der Waals surface area contributed by atoms with E-state index >= 15 is 0 Å². The Balaban J connectivity index is 2.08. The first-order chi connectivity index (χ1) is 12.4. The van der Waals surface area contributed by atoms with Crippen molar-refractivity contribution >= 4 is 45.6 Å². The van der Waals surface area contributed by atoms with E-state index in [1.807, 2.05) is 43.5 Å². The van der Waals surface area contributed by atoms with E-state index in [2.05, 4.69) is 4.98 Å². The fourth-order valence-electron chi connectivity index (χ4n) is 2.54. The first-order valence-corrected chi connectivity index (χ1v) is 10.9. The van der Waals surface area contributed by atoms with Crippen molar-refractivity contribution in [1.29, 1.82) is 5.41 Å². The molecule has 0 bridgehead atoms. The van der Waals surface area contributed by atoms with Crippen molar-refractivity contribution in [3.63, 3.8) is 0 Å². The highest BCUT2D eigenvalue weighted by Gasteiger charge is 2.19. The summed E-state index contributed by atoms with van der Waals surface area (Å²) in [5.41, 5.74) is 14.5. The van der Waals surface area contributed by atoms with E-state index in [1.54, 1.807) is 12.3 Å². The molecular weight excluding hydrogens is 384 g/mol. The van der Waals surface area contributed by atoms with Crippen LogP contribution in [-0.2, 0) is 10.8 Å². The van der Waals surface area contributed by atoms with Crippen LogP contribution in [0.1, 0.15) is 10.4 Å². The van der Waals surface area contributed by atoms with Crippen molar-refractivity contribution in [3.8, 4) is 11.1 Å². The largest absolute Gasteiger partial charge is 0.383 e. The molecular formula is C18H18N4OS3. The molecule has 0 spiro atoms. The van der Waals surface area contributed by atoms with Gasteiger partial charge >= 0.3 is 0 Å². The van der Waals surface area contributed by atoms with Gasteiger partial charge in [-0.25, -0.2) is 9.19 Å². The Morgan fingerprint density at radius 2 is 2.00 bits per heavy atom. The van der Waals surface area contributed by atoms with Crippen LogP contribution in [0.2, 0.25) is 0 Å². The van der Waals surface area contributed by atoms with Crippen molar-refractivity contribution in [2.24, 2.45) is 5.73 Å². The molecule has 5 N–H and O–H groups in total. The number of anilines is 1. The molecule has 0 saturated heterocycles. The molecule has 0 aliphatic carbocycles. The lowest BCUT2D eigenvalue weighted by Crippen LogP contribution is -2.08. The van der Waals surface area contributed by atoms with Gasteiger partial charge in [0.2, 0.25) is 0 Å². The highest BCUT2D eigenvalue weighted by Crippen LogP contribution is 2.36. The maximum atomic E-state index is 13.2. The van der Waals surface area contributed by atoms with Crippen molar-refractivity contribution in [3.05, 3.63) is 53.0 Å². The summed E-state index contributed by atoms with van der Waals surface area (Å²) >= 11 is 2.86. The van der Waals surface area contributed by atoms with Gasteiger partial charge in [0, 0.05) is 11.8 Å². The van der Waals surface area contributed by atoms with E-state index in [-0.39, 0.29) is 5.84 Å². The van der Waals surface area contributed by atoms with Gasteiger partial charge in [0.1, 0.15) is 11.7 Å². The lowest BCUT2D eigenvalue weighted by molar-refractivity contribution is 0.682. The van der Waals surface area contributed by atoms with Crippen LogP contribution >= 0.6 is 23.1 Å². The molecule has 3 aromatic rings. The first kappa shape index (κ1) is 18.6. The molecule has 134 valence electrons. The number of aryl methyl sites for hydroxylation is 1. The number of amidine groups is 1. The van der Waals surface area contributed by atoms with Crippen LogP contribution < -0.4 is 11.5 Å². The predicted molar refractivity (Wildman–Crippen MR) is 111 cm³/mol. The summed E-state index contributed by atoms with van der Waals surface area (Å²) < 4.78 is 14.0. The Morgan fingerprint density at radius 1 is 1.27 bits per heavy atom. The van der Waals surface area contributed by atoms with Crippen LogP contribution in [0.4, 0.5) is 5.82 Å². The summed E-state index contributed by atoms with van der Waals surface area (Å²) in [5.74, 6) is 0.379. The molecule has 3 rings (SSSR count). The Kier molecular flexibility index (Phi) is 5.45. The Bertz CT molecular complexity index is 1010. The molecule has 0 amide bonds. The third-order valence-corrected chi connectivity index (χ3v) is 7.79. The van der Waals surface area contributed by atoms with Crippen molar-refractivity contribution in [2.45, 2.75) is 20.9 Å². The second-order valence-electron chi connectivity index (χ2n) is 5.57. The number of nitrogen functional groups attached to an aromatic ring is 2. The third-order valence-electron chi connectivity index (χ3n) is 3.86. The average molecular weight is 403 g/mol. The smallest absolute Gasteiger partial charge is 0.133 e. The van der Waals surface area contributed by atoms with Crippen molar-refractivity contribution in [1.82, 2.24) is 4.98 Å². The molecule has 1 aromatic carbocycles. The molecule has 0 saturated carbocycles. The van der Waals surface area contributed by atoms with Crippen LogP contribution in [-0.4, -0.2) is 21.3 Å². The second-order valence-corrected chi connectivity index (χ2v) is 9.14. The standard InChI is InChI=1S/C18H18N4OS3/c1-10-5-3-4-6-12(10)13-7-11(9-22-17(13)21)26(23)15-8-14(16(19)20)25-18(15)24-2/h3-9H,1-2H3,(H3,19,20)(H2,21,22). The molecule has 5 nitrogen and oxygen atoms in total. The maximum absolute atomic E-state index is 13.2. The molecule has 0 radical (unpaired) electrons. The number of hydrogen-bond donors (Lipinski definition) is 3. The summed E-state index contributed by atoms with van der Waals surface area (Å²) in [6.45, 7) is 2.00. The van der Waals surface area contributed by atoms with E-state index in [1.165, 1.54) is 23.1 Å². The number of thiophene rings is 1. The Hall–Kier alpha value is -2.16. The first-order valence-electron chi connectivity index (χ1n) is 7.68. The molecule has 8 heteroatoms. The van der Waals surface area contributed by atoms with Gasteiger partial charge in [0.25, 0.3) is 0 Å². The SMILES string of the molecule is CSc1sc(C(=N)N)cc1S(=O)c1cnc(N)c(-c2ccccc2C)c1. The molecule has 0 fully saturated rings. The van der Waals surface area contributed by atoms with Gasteiger partial charge in [0.05, 0.1) is 29.7 Å². The van der Waals surface area contributed by atoms with Gasteiger partial charge in [0.15, 0.2) is 0 Å². The lowest BCUT2D eigenvalue weighted by atomic mass is 10.0. The zero-order chi connectivity index (χ0) is 18.8. The van der Waals surface area contributed by atoms with E-state index in [0.717, 1.165) is 20.9 Å². The predicted octanol–water partition coefficient (Wildman–Crippen LogP) is 3.87. The van der Waals surface area contributed by atoms with Crippen LogP contribution in [0.5, 0.6) is 0 Å². The van der Waals surface area contributed by atoms with E-state index in [9.17, 15) is 4.21 Å². The molecule has 2 heterocycles. The average Bonchev–Trinajstić information content (AvgIpc) is 3.07. The number of thioether (sulfide) groups is 1. The zero-order valence-corrected chi connectivity index (χ0v) is 16.7. The minimum atomic E-state index is -1.43. The second kappa shape index (κ2) is 7.61. The molecule has 2 aromatic heterocycles. The van der Waals surface area contributed by atoms with E-state index in [4.69, 9.17) is 16.9 Å². The summed E-state index contributed by atoms with van der Waals surface area (Å²) in [7, 11) is -1.43. The van der Waals surface area contributed by atoms with E-state index < -0.39 is 10.8 Å². The van der Waals surface area contributed by atoms with Crippen LogP contribution in [0.15, 0.2) is 56.6 Å². The Labute approximate surface area is 162 Å². The third kappa shape index (κ3) is 3.53. The lowest BCUT2D eigenvalue weighted by Gasteiger charge is -2.10. The fraction of sp³-hybridized carbons (Fsp3) is 0.111. The maximum Gasteiger partial charge on any atom is 0.133 e. The van der Waals surface area contributed by atoms with Gasteiger partial charge in [-0.1, -0.05) is 24.3 Å². The highest BCUT2D eigenvalue weighted by molar-refractivity contribution is 8.01. The minimum Gasteiger partial charge on any atom is -0.383 e. The number of aromatic nitrogens is 1. The van der Waals surface area contributed by atoms with Crippen LogP contribution in [0, 0.1) is 12.3 Å². The van der Waals surface area contributed by atoms with E-state index in [0.29, 0.717) is 20.5 Å². The quantitative estimate of drug-likeness (QED) is 0.341. The number of nitrogens with one attached hydrogen (secondary N) is 1.